The first-order valence-electron chi connectivity index (χ1n) is 12.8. The average molecular weight is 545 g/mol. The van der Waals surface area contributed by atoms with Gasteiger partial charge in [-0.25, -0.2) is 9.97 Å². The van der Waals surface area contributed by atoms with E-state index < -0.39 is 0 Å². The molecule has 2 heterocycles. The summed E-state index contributed by atoms with van der Waals surface area (Å²) in [7, 11) is 3.36. The number of hydrogen-bond donors (Lipinski definition) is 3. The van der Waals surface area contributed by atoms with E-state index in [1.165, 1.54) is 0 Å². The summed E-state index contributed by atoms with van der Waals surface area (Å²) in [6.45, 7) is 0.342. The van der Waals surface area contributed by atoms with Gasteiger partial charge in [0.25, 0.3) is 5.91 Å². The standard InChI is InChI=1S/C29H29ClN6O3/c1-31-27-22-9-8-20(13-25(22)35-26(36-27)19-12-21(39-2)16-32-15-19)34-29(38)23-11-17(7-10-24(23)30)14-33-28(37)18-5-3-4-6-18/h7-13,15-16,18H,3-6,14H2,1-2H3,(H,33,37)(H,34,38)(H,31,35,36). The number of rotatable bonds is 8. The summed E-state index contributed by atoms with van der Waals surface area (Å²) >= 11 is 6.38. The van der Waals surface area contributed by atoms with Crippen molar-refractivity contribution in [2.45, 2.75) is 32.2 Å². The SMILES string of the molecule is CNc1nc(-c2cncc(OC)c2)nc2cc(NC(=O)c3cc(CNC(=O)C4CCCC4)ccc3Cl)ccc12. The highest BCUT2D eigenvalue weighted by Crippen LogP contribution is 2.29. The minimum atomic E-state index is -0.358. The molecule has 1 saturated carbocycles. The molecule has 0 spiro atoms. The number of carbonyl (C=O) groups excluding carboxylic acids is 2. The van der Waals surface area contributed by atoms with E-state index in [9.17, 15) is 9.59 Å². The van der Waals surface area contributed by atoms with Gasteiger partial charge in [0.2, 0.25) is 5.91 Å². The normalized spacial score (nSPS) is 13.3. The number of ether oxygens (including phenoxy) is 1. The molecule has 4 aromatic rings. The third-order valence-electron chi connectivity index (χ3n) is 6.87. The van der Waals surface area contributed by atoms with Crippen LogP contribution in [0.3, 0.4) is 0 Å². The van der Waals surface area contributed by atoms with Gasteiger partial charge in [-0.3, -0.25) is 14.6 Å². The molecule has 2 aromatic carbocycles. The largest absolute Gasteiger partial charge is 0.495 e. The van der Waals surface area contributed by atoms with Gasteiger partial charge < -0.3 is 20.7 Å². The van der Waals surface area contributed by atoms with Crippen LogP contribution in [-0.4, -0.2) is 40.9 Å². The van der Waals surface area contributed by atoms with Crippen LogP contribution in [0.5, 0.6) is 5.75 Å². The van der Waals surface area contributed by atoms with Gasteiger partial charge in [0.15, 0.2) is 5.82 Å². The quantitative estimate of drug-likeness (QED) is 0.270. The number of methoxy groups -OCH3 is 1. The smallest absolute Gasteiger partial charge is 0.257 e. The zero-order valence-electron chi connectivity index (χ0n) is 21.8. The van der Waals surface area contributed by atoms with Crippen molar-refractivity contribution in [3.63, 3.8) is 0 Å². The van der Waals surface area contributed by atoms with Gasteiger partial charge in [-0.05, 0) is 54.8 Å². The highest BCUT2D eigenvalue weighted by atomic mass is 35.5. The zero-order chi connectivity index (χ0) is 27.4. The third-order valence-corrected chi connectivity index (χ3v) is 7.20. The summed E-state index contributed by atoms with van der Waals surface area (Å²) in [5.74, 6) is 1.50. The van der Waals surface area contributed by atoms with Crippen molar-refractivity contribution < 1.29 is 14.3 Å². The third kappa shape index (κ3) is 5.93. The zero-order valence-corrected chi connectivity index (χ0v) is 22.5. The Bertz CT molecular complexity index is 1540. The molecule has 0 radical (unpaired) electrons. The van der Waals surface area contributed by atoms with Crippen LogP contribution in [0.1, 0.15) is 41.6 Å². The minimum Gasteiger partial charge on any atom is -0.495 e. The van der Waals surface area contributed by atoms with Gasteiger partial charge >= 0.3 is 0 Å². The lowest BCUT2D eigenvalue weighted by molar-refractivity contribution is -0.124. The van der Waals surface area contributed by atoms with Crippen molar-refractivity contribution in [2.24, 2.45) is 5.92 Å². The average Bonchev–Trinajstić information content (AvgIpc) is 3.51. The Morgan fingerprint density at radius 3 is 2.64 bits per heavy atom. The molecule has 0 atom stereocenters. The van der Waals surface area contributed by atoms with Crippen LogP contribution in [0.2, 0.25) is 5.02 Å². The number of fused-ring (bicyclic) bond motifs is 1. The lowest BCUT2D eigenvalue weighted by Crippen LogP contribution is -2.28. The first-order valence-corrected chi connectivity index (χ1v) is 13.2. The first-order chi connectivity index (χ1) is 18.9. The number of pyridine rings is 1. The predicted molar refractivity (Wildman–Crippen MR) is 152 cm³/mol. The van der Waals surface area contributed by atoms with E-state index in [0.717, 1.165) is 36.6 Å². The van der Waals surface area contributed by atoms with Crippen LogP contribution in [-0.2, 0) is 11.3 Å². The molecule has 39 heavy (non-hydrogen) atoms. The molecule has 1 fully saturated rings. The summed E-state index contributed by atoms with van der Waals surface area (Å²) in [6.07, 6.45) is 7.34. The van der Waals surface area contributed by atoms with E-state index in [1.54, 1.807) is 50.8 Å². The molecule has 0 saturated heterocycles. The molecule has 9 nitrogen and oxygen atoms in total. The highest BCUT2D eigenvalue weighted by molar-refractivity contribution is 6.34. The maximum Gasteiger partial charge on any atom is 0.257 e. The monoisotopic (exact) mass is 544 g/mol. The van der Waals surface area contributed by atoms with Gasteiger partial charge in [-0.1, -0.05) is 30.5 Å². The Balaban J connectivity index is 1.37. The lowest BCUT2D eigenvalue weighted by Gasteiger charge is -2.13. The number of carbonyl (C=O) groups is 2. The molecular formula is C29H29ClN6O3. The summed E-state index contributed by atoms with van der Waals surface area (Å²) in [6, 6.07) is 12.4. The van der Waals surface area contributed by atoms with Crippen molar-refractivity contribution in [2.75, 3.05) is 24.8 Å². The van der Waals surface area contributed by atoms with E-state index in [1.807, 2.05) is 18.2 Å². The Morgan fingerprint density at radius 1 is 1.05 bits per heavy atom. The van der Waals surface area contributed by atoms with Crippen LogP contribution < -0.4 is 20.7 Å². The molecule has 5 rings (SSSR count). The summed E-state index contributed by atoms with van der Waals surface area (Å²) < 4.78 is 5.28. The number of halogens is 1. The van der Waals surface area contributed by atoms with Gasteiger partial charge in [0.1, 0.15) is 11.6 Å². The Labute approximate surface area is 231 Å². The number of benzene rings is 2. The summed E-state index contributed by atoms with van der Waals surface area (Å²) in [4.78, 5) is 39.1. The molecule has 0 unspecified atom stereocenters. The minimum absolute atomic E-state index is 0.0663. The second kappa shape index (κ2) is 11.7. The molecule has 200 valence electrons. The Kier molecular flexibility index (Phi) is 7.88. The van der Waals surface area contributed by atoms with Crippen LogP contribution in [0.25, 0.3) is 22.3 Å². The topological polar surface area (TPSA) is 118 Å². The number of aromatic nitrogens is 3. The number of amides is 2. The number of anilines is 2. The molecule has 3 N–H and O–H groups in total. The Morgan fingerprint density at radius 2 is 1.87 bits per heavy atom. The van der Waals surface area contributed by atoms with E-state index in [0.29, 0.717) is 51.3 Å². The second-order valence-corrected chi connectivity index (χ2v) is 9.87. The fourth-order valence-corrected chi connectivity index (χ4v) is 4.96. The van der Waals surface area contributed by atoms with E-state index in [4.69, 9.17) is 21.3 Å². The van der Waals surface area contributed by atoms with Crippen LogP contribution >= 0.6 is 11.6 Å². The number of hydrogen-bond acceptors (Lipinski definition) is 7. The maximum atomic E-state index is 13.2. The van der Waals surface area contributed by atoms with Crippen molar-refractivity contribution in [1.82, 2.24) is 20.3 Å². The summed E-state index contributed by atoms with van der Waals surface area (Å²) in [5, 5.41) is 10.1. The lowest BCUT2D eigenvalue weighted by atomic mass is 10.1. The van der Waals surface area contributed by atoms with Crippen molar-refractivity contribution >= 4 is 45.8 Å². The molecule has 10 heteroatoms. The predicted octanol–water partition coefficient (Wildman–Crippen LogP) is 5.45. The number of nitrogens with zero attached hydrogens (tertiary/aromatic N) is 3. The molecular weight excluding hydrogens is 516 g/mol. The molecule has 2 aromatic heterocycles. The highest BCUT2D eigenvalue weighted by Gasteiger charge is 2.22. The van der Waals surface area contributed by atoms with E-state index in [2.05, 4.69) is 25.9 Å². The fraction of sp³-hybridized carbons (Fsp3) is 0.276. The van der Waals surface area contributed by atoms with Crippen molar-refractivity contribution in [1.29, 1.82) is 0 Å². The van der Waals surface area contributed by atoms with Gasteiger partial charge in [-0.15, -0.1) is 0 Å². The van der Waals surface area contributed by atoms with E-state index in [-0.39, 0.29) is 17.7 Å². The van der Waals surface area contributed by atoms with Crippen LogP contribution in [0.15, 0.2) is 54.9 Å². The number of nitrogens with one attached hydrogen (secondary N) is 3. The Hall–Kier alpha value is -4.24. The van der Waals surface area contributed by atoms with E-state index >= 15 is 0 Å². The molecule has 1 aliphatic rings. The fourth-order valence-electron chi connectivity index (χ4n) is 4.76. The first kappa shape index (κ1) is 26.4. The van der Waals surface area contributed by atoms with Gasteiger partial charge in [0.05, 0.1) is 29.4 Å². The van der Waals surface area contributed by atoms with Crippen molar-refractivity contribution in [3.05, 3.63) is 71.0 Å². The molecule has 0 bridgehead atoms. The second-order valence-electron chi connectivity index (χ2n) is 9.46. The molecule has 2 amide bonds. The van der Waals surface area contributed by atoms with Crippen LogP contribution in [0.4, 0.5) is 11.5 Å². The summed E-state index contributed by atoms with van der Waals surface area (Å²) in [5.41, 5.74) is 3.02. The van der Waals surface area contributed by atoms with Gasteiger partial charge in [-0.2, -0.15) is 0 Å². The maximum absolute atomic E-state index is 13.2. The molecule has 1 aliphatic carbocycles. The molecule has 0 aliphatic heterocycles. The van der Waals surface area contributed by atoms with Crippen molar-refractivity contribution in [3.8, 4) is 17.1 Å². The van der Waals surface area contributed by atoms with Crippen LogP contribution in [0, 0.1) is 5.92 Å². The van der Waals surface area contributed by atoms with Gasteiger partial charge in [0, 0.05) is 42.3 Å².